The van der Waals surface area contributed by atoms with Crippen molar-refractivity contribution in [3.63, 3.8) is 0 Å². The second kappa shape index (κ2) is 16.2. The molecule has 5 aromatic carbocycles. The molecule has 0 aromatic heterocycles. The molecule has 0 saturated carbocycles. The maximum Gasteiger partial charge on any atom is 0.335 e. The summed E-state index contributed by atoms with van der Waals surface area (Å²) in [6.07, 6.45) is 0. The molecule has 0 unspecified atom stereocenters. The molecule has 6 rings (SSSR count). The van der Waals surface area contributed by atoms with Crippen molar-refractivity contribution in [1.82, 2.24) is 0 Å². The Morgan fingerprint density at radius 2 is 1.32 bits per heavy atom. The van der Waals surface area contributed by atoms with Crippen LogP contribution >= 0.6 is 0 Å². The zero-order valence-corrected chi connectivity index (χ0v) is 28.5. The van der Waals surface area contributed by atoms with Gasteiger partial charge in [-0.15, -0.1) is 0 Å². The van der Waals surface area contributed by atoms with Gasteiger partial charge in [-0.25, -0.2) is 4.79 Å². The molecule has 0 atom stereocenters. The number of carboxylic acids is 1. The van der Waals surface area contributed by atoms with Crippen LogP contribution in [0.25, 0.3) is 0 Å². The van der Waals surface area contributed by atoms with Crippen LogP contribution in [-0.2, 0) is 24.5 Å². The number of hydrogen-bond acceptors (Lipinski definition) is 6. The minimum atomic E-state index is -1.00. The van der Waals surface area contributed by atoms with Crippen LogP contribution in [0.1, 0.15) is 62.7 Å². The van der Waals surface area contributed by atoms with Gasteiger partial charge >= 0.3 is 5.97 Å². The van der Waals surface area contributed by atoms with Crippen LogP contribution in [0.15, 0.2) is 121 Å². The summed E-state index contributed by atoms with van der Waals surface area (Å²) < 4.78 is 18.4. The lowest BCUT2D eigenvalue weighted by Gasteiger charge is -2.30. The molecule has 0 spiro atoms. The maximum atomic E-state index is 14.9. The van der Waals surface area contributed by atoms with Crippen LogP contribution in [0.2, 0.25) is 0 Å². The summed E-state index contributed by atoms with van der Waals surface area (Å²) in [6, 6.07) is 38.2. The van der Waals surface area contributed by atoms with E-state index in [2.05, 4.69) is 18.7 Å². The number of hydrogen-bond donors (Lipinski definition) is 1. The molecule has 1 N–H and O–H groups in total. The number of nitrogens with zero attached hydrogens (tertiary/aromatic N) is 2. The largest absolute Gasteiger partial charge is 0.488 e. The van der Waals surface area contributed by atoms with Crippen molar-refractivity contribution in [2.24, 2.45) is 0 Å². The number of carbonyl (C=O) groups excluding carboxylic acids is 1. The summed E-state index contributed by atoms with van der Waals surface area (Å²) in [5, 5.41) is 9.46. The first-order valence-corrected chi connectivity index (χ1v) is 16.9. The molecule has 8 heteroatoms. The second-order valence-electron chi connectivity index (χ2n) is 12.6. The van der Waals surface area contributed by atoms with E-state index >= 15 is 0 Å². The van der Waals surface area contributed by atoms with Crippen LogP contribution in [0.5, 0.6) is 11.5 Å². The first kappa shape index (κ1) is 34.3. The Kier molecular flexibility index (Phi) is 11.1. The van der Waals surface area contributed by atoms with Gasteiger partial charge in [0.2, 0.25) is 0 Å². The van der Waals surface area contributed by atoms with Crippen LogP contribution in [0.3, 0.4) is 0 Å². The van der Waals surface area contributed by atoms with Crippen LogP contribution in [0, 0.1) is 0 Å². The van der Waals surface area contributed by atoms with Gasteiger partial charge in [-0.05, 0) is 70.6 Å². The summed E-state index contributed by atoms with van der Waals surface area (Å²) in [5.41, 5.74) is 6.06. The Balaban J connectivity index is 1.39. The zero-order valence-electron chi connectivity index (χ0n) is 28.5. The summed E-state index contributed by atoms with van der Waals surface area (Å²) in [7, 11) is 0. The van der Waals surface area contributed by atoms with Gasteiger partial charge in [0.05, 0.1) is 30.9 Å². The van der Waals surface area contributed by atoms with Crippen LogP contribution in [0.4, 0.5) is 11.4 Å². The normalized spacial score (nSPS) is 12.8. The summed E-state index contributed by atoms with van der Waals surface area (Å²) in [6.45, 7) is 7.97. The highest BCUT2D eigenvalue weighted by atomic mass is 16.5. The molecule has 50 heavy (non-hydrogen) atoms. The molecular weight excluding hydrogens is 628 g/mol. The Morgan fingerprint density at radius 1 is 0.740 bits per heavy atom. The summed E-state index contributed by atoms with van der Waals surface area (Å²) >= 11 is 0. The molecule has 256 valence electrons. The van der Waals surface area contributed by atoms with Gasteiger partial charge in [0.1, 0.15) is 24.7 Å². The number of carbonyl (C=O) groups is 2. The topological polar surface area (TPSA) is 88.5 Å². The third kappa shape index (κ3) is 8.51. The molecule has 0 aliphatic carbocycles. The molecule has 1 saturated heterocycles. The molecule has 1 aliphatic rings. The van der Waals surface area contributed by atoms with Crippen molar-refractivity contribution in [2.45, 2.75) is 39.5 Å². The number of benzene rings is 5. The van der Waals surface area contributed by atoms with Crippen molar-refractivity contribution in [2.75, 3.05) is 36.1 Å². The van der Waals surface area contributed by atoms with Gasteiger partial charge in [-0.1, -0.05) is 86.6 Å². The molecule has 1 heterocycles. The standard InChI is InChI=1S/C42H42N2O6/c1-30(2)37-25-38(40(50-29-33-11-7-4-8-12-33)26-39(37)49-28-32-9-5-3-6-10-32)41(45)44(27-31-13-15-34(16-14-31)42(46)47)36-19-17-35(18-20-36)43-21-23-48-24-22-43/h3-20,25-26,30H,21-24,27-29H2,1-2H3,(H,46,47). The first-order valence-electron chi connectivity index (χ1n) is 16.9. The Labute approximate surface area is 293 Å². The van der Waals surface area contributed by atoms with Gasteiger partial charge in [0.15, 0.2) is 0 Å². The van der Waals surface area contributed by atoms with E-state index in [4.69, 9.17) is 14.2 Å². The Bertz CT molecular complexity index is 1870. The highest BCUT2D eigenvalue weighted by Gasteiger charge is 2.26. The van der Waals surface area contributed by atoms with E-state index in [1.54, 1.807) is 29.2 Å². The fourth-order valence-electron chi connectivity index (χ4n) is 5.94. The lowest BCUT2D eigenvalue weighted by atomic mass is 9.97. The lowest BCUT2D eigenvalue weighted by Crippen LogP contribution is -2.36. The number of rotatable bonds is 13. The van der Waals surface area contributed by atoms with E-state index in [-0.39, 0.29) is 30.5 Å². The third-order valence-corrected chi connectivity index (χ3v) is 8.76. The predicted octanol–water partition coefficient (Wildman–Crippen LogP) is 8.35. The van der Waals surface area contributed by atoms with Crippen molar-refractivity contribution in [1.29, 1.82) is 0 Å². The van der Waals surface area contributed by atoms with E-state index in [9.17, 15) is 14.7 Å². The quantitative estimate of drug-likeness (QED) is 0.135. The van der Waals surface area contributed by atoms with Crippen molar-refractivity contribution in [3.8, 4) is 11.5 Å². The van der Waals surface area contributed by atoms with Crippen molar-refractivity contribution >= 4 is 23.3 Å². The molecule has 5 aromatic rings. The van der Waals surface area contributed by atoms with E-state index in [0.29, 0.717) is 42.6 Å². The summed E-state index contributed by atoms with van der Waals surface area (Å²) in [5.74, 6) is -0.109. The molecule has 8 nitrogen and oxygen atoms in total. The number of amides is 1. The molecule has 0 bridgehead atoms. The minimum absolute atomic E-state index is 0.0558. The second-order valence-corrected chi connectivity index (χ2v) is 12.6. The Morgan fingerprint density at radius 3 is 1.88 bits per heavy atom. The maximum absolute atomic E-state index is 14.9. The molecule has 1 aliphatic heterocycles. The van der Waals surface area contributed by atoms with E-state index in [0.717, 1.165) is 41.0 Å². The van der Waals surface area contributed by atoms with Crippen molar-refractivity contribution < 1.29 is 28.9 Å². The summed E-state index contributed by atoms with van der Waals surface area (Å²) in [4.78, 5) is 30.4. The molecule has 1 amide bonds. The monoisotopic (exact) mass is 670 g/mol. The van der Waals surface area contributed by atoms with E-state index in [1.807, 2.05) is 97.1 Å². The molecule has 1 fully saturated rings. The van der Waals surface area contributed by atoms with E-state index in [1.165, 1.54) is 0 Å². The van der Waals surface area contributed by atoms with Crippen LogP contribution in [-0.4, -0.2) is 43.3 Å². The Hall–Kier alpha value is -5.60. The number of anilines is 2. The highest BCUT2D eigenvalue weighted by molar-refractivity contribution is 6.08. The van der Waals surface area contributed by atoms with Gasteiger partial charge < -0.3 is 29.1 Å². The average molecular weight is 671 g/mol. The average Bonchev–Trinajstić information content (AvgIpc) is 3.16. The first-order chi connectivity index (χ1) is 24.4. The number of morpholine rings is 1. The minimum Gasteiger partial charge on any atom is -0.488 e. The third-order valence-electron chi connectivity index (χ3n) is 8.76. The van der Waals surface area contributed by atoms with Gasteiger partial charge in [0.25, 0.3) is 5.91 Å². The fourth-order valence-corrected chi connectivity index (χ4v) is 5.94. The van der Waals surface area contributed by atoms with Gasteiger partial charge in [-0.2, -0.15) is 0 Å². The van der Waals surface area contributed by atoms with Gasteiger partial charge in [0, 0.05) is 30.5 Å². The number of aromatic carboxylic acids is 1. The predicted molar refractivity (Wildman–Crippen MR) is 195 cm³/mol. The fraction of sp³-hybridized carbons (Fsp3) is 0.238. The SMILES string of the molecule is CC(C)c1cc(C(=O)N(Cc2ccc(C(=O)O)cc2)c2ccc(N3CCOCC3)cc2)c(OCc2ccccc2)cc1OCc1ccccc1. The molecular formula is C42H42N2O6. The lowest BCUT2D eigenvalue weighted by molar-refractivity contribution is 0.0696. The highest BCUT2D eigenvalue weighted by Crippen LogP contribution is 2.37. The van der Waals surface area contributed by atoms with E-state index < -0.39 is 5.97 Å². The zero-order chi connectivity index (χ0) is 34.9. The van der Waals surface area contributed by atoms with Crippen LogP contribution < -0.4 is 19.3 Å². The number of carboxylic acid groups (broad SMARTS) is 1. The smallest absolute Gasteiger partial charge is 0.335 e. The van der Waals surface area contributed by atoms with Gasteiger partial charge in [-0.3, -0.25) is 4.79 Å². The number of ether oxygens (including phenoxy) is 3. The van der Waals surface area contributed by atoms with Crippen molar-refractivity contribution in [3.05, 3.63) is 155 Å². The molecule has 0 radical (unpaired) electrons.